The Morgan fingerprint density at radius 1 is 0.909 bits per heavy atom. The third kappa shape index (κ3) is 5.56. The summed E-state index contributed by atoms with van der Waals surface area (Å²) in [6.07, 6.45) is 0.0241. The molecular weight excluding hydrogens is 302 g/mol. The molecule has 120 valence electrons. The van der Waals surface area contributed by atoms with Crippen molar-refractivity contribution >= 4 is 12.4 Å². The topological polar surface area (TPSA) is 72.7 Å². The Bertz CT molecular complexity index is 557. The molecule has 5 heteroatoms. The molecule has 2 unspecified atom stereocenters. The van der Waals surface area contributed by atoms with E-state index in [-0.39, 0.29) is 29.9 Å². The minimum atomic E-state index is -0.562. The van der Waals surface area contributed by atoms with Crippen molar-refractivity contribution in [2.45, 2.75) is 32.0 Å². The van der Waals surface area contributed by atoms with Crippen LogP contribution in [0.1, 0.15) is 30.6 Å². The Morgan fingerprint density at radius 3 is 1.95 bits per heavy atom. The molecule has 0 heterocycles. The average Bonchev–Trinajstić information content (AvgIpc) is 2.47. The Hall–Kier alpha value is -1.75. The van der Waals surface area contributed by atoms with Crippen LogP contribution < -0.4 is 5.32 Å². The first-order valence-corrected chi connectivity index (χ1v) is 7.03. The van der Waals surface area contributed by atoms with E-state index in [0.29, 0.717) is 13.0 Å². The number of rotatable bonds is 6. The van der Waals surface area contributed by atoms with Crippen molar-refractivity contribution in [3.63, 3.8) is 0 Å². The summed E-state index contributed by atoms with van der Waals surface area (Å²) in [5, 5.41) is 32.0. The number of nitrogens with one attached hydrogen (secondary N) is 1. The molecule has 2 aromatic rings. The van der Waals surface area contributed by atoms with Gasteiger partial charge in [-0.3, -0.25) is 0 Å². The van der Waals surface area contributed by atoms with Crippen molar-refractivity contribution in [1.29, 1.82) is 0 Å². The standard InChI is InChI=1S/C17H21NO3.ClH/c1-12(18-11-13-2-6-15(19)7-3-13)10-17(21)14-4-8-16(20)9-5-14;/h2-9,12,17-21H,10-11H2,1H3;1H. The van der Waals surface area contributed by atoms with Gasteiger partial charge in [0.15, 0.2) is 0 Å². The zero-order valence-corrected chi connectivity index (χ0v) is 13.3. The Labute approximate surface area is 136 Å². The maximum absolute atomic E-state index is 10.2. The molecule has 0 radical (unpaired) electrons. The van der Waals surface area contributed by atoms with Gasteiger partial charge in [-0.2, -0.15) is 0 Å². The molecule has 0 aromatic heterocycles. The zero-order valence-electron chi connectivity index (χ0n) is 12.4. The van der Waals surface area contributed by atoms with Crippen molar-refractivity contribution in [3.05, 3.63) is 59.7 Å². The lowest BCUT2D eigenvalue weighted by Crippen LogP contribution is -2.27. The minimum Gasteiger partial charge on any atom is -0.508 e. The molecule has 0 aliphatic rings. The van der Waals surface area contributed by atoms with E-state index < -0.39 is 6.10 Å². The molecule has 0 fully saturated rings. The third-order valence-corrected chi connectivity index (χ3v) is 3.45. The number of phenols is 2. The number of hydrogen-bond acceptors (Lipinski definition) is 4. The lowest BCUT2D eigenvalue weighted by atomic mass is 10.0. The quantitative estimate of drug-likeness (QED) is 0.659. The molecule has 2 rings (SSSR count). The predicted octanol–water partition coefficient (Wildman–Crippen LogP) is 3.12. The predicted molar refractivity (Wildman–Crippen MR) is 89.3 cm³/mol. The van der Waals surface area contributed by atoms with Gasteiger partial charge in [-0.05, 0) is 48.7 Å². The van der Waals surface area contributed by atoms with Crippen molar-refractivity contribution < 1.29 is 15.3 Å². The fourth-order valence-electron chi connectivity index (χ4n) is 2.16. The van der Waals surface area contributed by atoms with Crippen molar-refractivity contribution in [3.8, 4) is 11.5 Å². The van der Waals surface area contributed by atoms with Gasteiger partial charge in [-0.25, -0.2) is 0 Å². The van der Waals surface area contributed by atoms with Crippen LogP contribution in [0.3, 0.4) is 0 Å². The number of hydrogen-bond donors (Lipinski definition) is 4. The molecule has 4 N–H and O–H groups in total. The lowest BCUT2D eigenvalue weighted by Gasteiger charge is -2.18. The van der Waals surface area contributed by atoms with Gasteiger partial charge < -0.3 is 20.6 Å². The monoisotopic (exact) mass is 323 g/mol. The van der Waals surface area contributed by atoms with Crippen LogP contribution in [-0.2, 0) is 6.54 Å². The van der Waals surface area contributed by atoms with Crippen molar-refractivity contribution in [1.82, 2.24) is 5.32 Å². The highest BCUT2D eigenvalue weighted by molar-refractivity contribution is 5.85. The number of halogens is 1. The van der Waals surface area contributed by atoms with Gasteiger partial charge >= 0.3 is 0 Å². The molecular formula is C17H22ClNO3. The van der Waals surface area contributed by atoms with E-state index in [0.717, 1.165) is 11.1 Å². The summed E-state index contributed by atoms with van der Waals surface area (Å²) in [5.41, 5.74) is 1.88. The molecule has 2 aromatic carbocycles. The molecule has 0 aliphatic heterocycles. The van der Waals surface area contributed by atoms with Gasteiger partial charge in [0.25, 0.3) is 0 Å². The molecule has 0 bridgehead atoms. The molecule has 22 heavy (non-hydrogen) atoms. The molecule has 4 nitrogen and oxygen atoms in total. The summed E-state index contributed by atoms with van der Waals surface area (Å²) in [5.74, 6) is 0.457. The number of aromatic hydroxyl groups is 2. The van der Waals surface area contributed by atoms with Crippen LogP contribution in [0.2, 0.25) is 0 Å². The van der Waals surface area contributed by atoms with Gasteiger partial charge in [-0.15, -0.1) is 12.4 Å². The second-order valence-electron chi connectivity index (χ2n) is 5.29. The second-order valence-corrected chi connectivity index (χ2v) is 5.29. The van der Waals surface area contributed by atoms with E-state index in [4.69, 9.17) is 0 Å². The number of benzene rings is 2. The highest BCUT2D eigenvalue weighted by Crippen LogP contribution is 2.21. The van der Waals surface area contributed by atoms with E-state index in [9.17, 15) is 15.3 Å². The molecule has 0 amide bonds. The molecule has 0 aliphatic carbocycles. The summed E-state index contributed by atoms with van der Waals surface area (Å²) in [6, 6.07) is 13.8. The summed E-state index contributed by atoms with van der Waals surface area (Å²) in [6.45, 7) is 2.70. The minimum absolute atomic E-state index is 0. The number of aliphatic hydroxyl groups excluding tert-OH is 1. The summed E-state index contributed by atoms with van der Waals surface area (Å²) in [7, 11) is 0. The largest absolute Gasteiger partial charge is 0.508 e. The van der Waals surface area contributed by atoms with Crippen LogP contribution in [0.25, 0.3) is 0 Å². The smallest absolute Gasteiger partial charge is 0.115 e. The van der Waals surface area contributed by atoms with E-state index in [2.05, 4.69) is 5.32 Å². The SMILES string of the molecule is CC(CC(O)c1ccc(O)cc1)NCc1ccc(O)cc1.Cl. The first kappa shape index (κ1) is 18.3. The third-order valence-electron chi connectivity index (χ3n) is 3.45. The van der Waals surface area contributed by atoms with Gasteiger partial charge in [0.2, 0.25) is 0 Å². The Morgan fingerprint density at radius 2 is 1.41 bits per heavy atom. The first-order valence-electron chi connectivity index (χ1n) is 7.03. The fraction of sp³-hybridized carbons (Fsp3) is 0.294. The van der Waals surface area contributed by atoms with Crippen LogP contribution in [0.15, 0.2) is 48.5 Å². The van der Waals surface area contributed by atoms with Crippen LogP contribution in [-0.4, -0.2) is 21.4 Å². The molecule has 0 saturated carbocycles. The van der Waals surface area contributed by atoms with Crippen LogP contribution in [0.4, 0.5) is 0 Å². The van der Waals surface area contributed by atoms with Crippen LogP contribution >= 0.6 is 12.4 Å². The van der Waals surface area contributed by atoms with Crippen LogP contribution in [0, 0.1) is 0 Å². The van der Waals surface area contributed by atoms with E-state index >= 15 is 0 Å². The average molecular weight is 324 g/mol. The Balaban J connectivity index is 0.00000242. The zero-order chi connectivity index (χ0) is 15.2. The fourth-order valence-corrected chi connectivity index (χ4v) is 2.16. The highest BCUT2D eigenvalue weighted by Gasteiger charge is 2.12. The van der Waals surface area contributed by atoms with Crippen LogP contribution in [0.5, 0.6) is 11.5 Å². The van der Waals surface area contributed by atoms with E-state index in [1.165, 1.54) is 0 Å². The van der Waals surface area contributed by atoms with E-state index in [1.807, 2.05) is 19.1 Å². The molecule has 0 saturated heterocycles. The first-order chi connectivity index (χ1) is 10.0. The maximum atomic E-state index is 10.2. The van der Waals surface area contributed by atoms with Gasteiger partial charge in [0.1, 0.15) is 11.5 Å². The van der Waals surface area contributed by atoms with Crippen molar-refractivity contribution in [2.75, 3.05) is 0 Å². The Kier molecular flexibility index (Phi) is 7.18. The van der Waals surface area contributed by atoms with Gasteiger partial charge in [-0.1, -0.05) is 24.3 Å². The lowest BCUT2D eigenvalue weighted by molar-refractivity contribution is 0.154. The summed E-state index contributed by atoms with van der Waals surface area (Å²) in [4.78, 5) is 0. The van der Waals surface area contributed by atoms with Crippen molar-refractivity contribution in [2.24, 2.45) is 0 Å². The molecule has 2 atom stereocenters. The van der Waals surface area contributed by atoms with E-state index in [1.54, 1.807) is 36.4 Å². The summed E-state index contributed by atoms with van der Waals surface area (Å²) < 4.78 is 0. The molecule has 0 spiro atoms. The van der Waals surface area contributed by atoms with Gasteiger partial charge in [0.05, 0.1) is 6.10 Å². The van der Waals surface area contributed by atoms with Gasteiger partial charge in [0, 0.05) is 12.6 Å². The number of phenolic OH excluding ortho intramolecular Hbond substituents is 2. The summed E-state index contributed by atoms with van der Waals surface area (Å²) >= 11 is 0. The normalized spacial score (nSPS) is 13.2. The second kappa shape index (κ2) is 8.63. The maximum Gasteiger partial charge on any atom is 0.115 e. The highest BCUT2D eigenvalue weighted by atomic mass is 35.5. The number of aliphatic hydroxyl groups is 1.